The lowest BCUT2D eigenvalue weighted by molar-refractivity contribution is -0.382. The van der Waals surface area contributed by atoms with Crippen molar-refractivity contribution in [3.05, 3.63) is 40.6 Å². The van der Waals surface area contributed by atoms with Crippen LogP contribution in [0.2, 0.25) is 0 Å². The number of carboxylic acids is 1. The van der Waals surface area contributed by atoms with E-state index >= 15 is 0 Å². The lowest BCUT2D eigenvalue weighted by Crippen LogP contribution is -2.15. The first-order valence-corrected chi connectivity index (χ1v) is 6.47. The van der Waals surface area contributed by atoms with E-state index in [0.717, 1.165) is 0 Å². The number of nitrogens with zero attached hydrogens (tertiary/aromatic N) is 2. The van der Waals surface area contributed by atoms with Gasteiger partial charge in [0.1, 0.15) is 5.69 Å². The van der Waals surface area contributed by atoms with E-state index in [1.807, 2.05) is 0 Å². The Hall–Kier alpha value is -2.70. The van der Waals surface area contributed by atoms with E-state index in [4.69, 9.17) is 5.11 Å². The highest BCUT2D eigenvalue weighted by Crippen LogP contribution is 2.32. The SMILES string of the molecule is CC(CNc1ccc2ncccc2c1[N+](=O)[O-])CC(=O)O. The van der Waals surface area contributed by atoms with Crippen LogP contribution in [0.3, 0.4) is 0 Å². The summed E-state index contributed by atoms with van der Waals surface area (Å²) in [6.45, 7) is 2.12. The molecule has 0 radical (unpaired) electrons. The van der Waals surface area contributed by atoms with E-state index in [-0.39, 0.29) is 18.0 Å². The second-order valence-corrected chi connectivity index (χ2v) is 4.87. The number of fused-ring (bicyclic) bond motifs is 1. The minimum Gasteiger partial charge on any atom is -0.481 e. The highest BCUT2D eigenvalue weighted by atomic mass is 16.6. The van der Waals surface area contributed by atoms with Crippen molar-refractivity contribution < 1.29 is 14.8 Å². The van der Waals surface area contributed by atoms with Crippen molar-refractivity contribution in [1.82, 2.24) is 4.98 Å². The molecule has 0 fully saturated rings. The number of hydrogen-bond donors (Lipinski definition) is 2. The second-order valence-electron chi connectivity index (χ2n) is 4.87. The van der Waals surface area contributed by atoms with Crippen molar-refractivity contribution >= 4 is 28.2 Å². The van der Waals surface area contributed by atoms with Gasteiger partial charge in [0.15, 0.2) is 0 Å². The van der Waals surface area contributed by atoms with E-state index < -0.39 is 10.9 Å². The van der Waals surface area contributed by atoms with Gasteiger partial charge in [-0.2, -0.15) is 0 Å². The van der Waals surface area contributed by atoms with Crippen molar-refractivity contribution in [1.29, 1.82) is 0 Å². The van der Waals surface area contributed by atoms with Gasteiger partial charge in [-0.05, 0) is 30.2 Å². The number of carboxylic acid groups (broad SMARTS) is 1. The molecule has 0 aliphatic heterocycles. The first-order chi connectivity index (χ1) is 9.99. The molecule has 1 aromatic carbocycles. The Morgan fingerprint density at radius 2 is 2.24 bits per heavy atom. The molecular formula is C14H15N3O4. The molecule has 0 amide bonds. The fourth-order valence-corrected chi connectivity index (χ4v) is 2.13. The van der Waals surface area contributed by atoms with Crippen molar-refractivity contribution in [2.75, 3.05) is 11.9 Å². The van der Waals surface area contributed by atoms with Crippen LogP contribution in [0.5, 0.6) is 0 Å². The third-order valence-electron chi connectivity index (χ3n) is 3.10. The van der Waals surface area contributed by atoms with Crippen molar-refractivity contribution in [2.45, 2.75) is 13.3 Å². The monoisotopic (exact) mass is 289 g/mol. The number of pyridine rings is 1. The zero-order valence-electron chi connectivity index (χ0n) is 11.4. The maximum absolute atomic E-state index is 11.3. The van der Waals surface area contributed by atoms with Crippen LogP contribution in [0, 0.1) is 16.0 Å². The highest BCUT2D eigenvalue weighted by molar-refractivity contribution is 5.94. The Bertz CT molecular complexity index is 687. The first kappa shape index (κ1) is 14.7. The molecule has 1 unspecified atom stereocenters. The van der Waals surface area contributed by atoms with Crippen LogP contribution in [0.1, 0.15) is 13.3 Å². The van der Waals surface area contributed by atoms with Crippen LogP contribution in [-0.2, 0) is 4.79 Å². The molecule has 2 N–H and O–H groups in total. The lowest BCUT2D eigenvalue weighted by atomic mass is 10.1. The molecule has 1 atom stereocenters. The van der Waals surface area contributed by atoms with Crippen LogP contribution in [0.15, 0.2) is 30.5 Å². The number of nitro groups is 1. The third-order valence-corrected chi connectivity index (χ3v) is 3.10. The highest BCUT2D eigenvalue weighted by Gasteiger charge is 2.19. The lowest BCUT2D eigenvalue weighted by Gasteiger charge is -2.12. The molecule has 7 heteroatoms. The summed E-state index contributed by atoms with van der Waals surface area (Å²) >= 11 is 0. The van der Waals surface area contributed by atoms with E-state index in [2.05, 4.69) is 10.3 Å². The molecule has 0 saturated heterocycles. The van der Waals surface area contributed by atoms with Crippen molar-refractivity contribution in [3.63, 3.8) is 0 Å². The first-order valence-electron chi connectivity index (χ1n) is 6.47. The molecular weight excluding hydrogens is 274 g/mol. The Morgan fingerprint density at radius 3 is 2.90 bits per heavy atom. The van der Waals surface area contributed by atoms with Crippen LogP contribution < -0.4 is 5.32 Å². The minimum atomic E-state index is -0.887. The summed E-state index contributed by atoms with van der Waals surface area (Å²) in [7, 11) is 0. The zero-order chi connectivity index (χ0) is 15.4. The van der Waals surface area contributed by atoms with Crippen molar-refractivity contribution in [2.24, 2.45) is 5.92 Å². The predicted molar refractivity (Wildman–Crippen MR) is 78.3 cm³/mol. The summed E-state index contributed by atoms with van der Waals surface area (Å²) in [6.07, 6.45) is 1.59. The predicted octanol–water partition coefficient (Wildman–Crippen LogP) is 2.67. The van der Waals surface area contributed by atoms with Gasteiger partial charge >= 0.3 is 11.7 Å². The smallest absolute Gasteiger partial charge is 0.303 e. The molecule has 2 rings (SSSR count). The van der Waals surface area contributed by atoms with Gasteiger partial charge in [-0.25, -0.2) is 0 Å². The van der Waals surface area contributed by atoms with E-state index in [0.29, 0.717) is 23.1 Å². The standard InChI is InChI=1S/C14H15N3O4/c1-9(7-13(18)19)8-16-12-5-4-11-10(3-2-6-15-11)14(12)17(20)21/h2-6,9,16H,7-8H2,1H3,(H,18,19). The molecule has 0 saturated carbocycles. The van der Waals surface area contributed by atoms with Gasteiger partial charge in [-0.3, -0.25) is 19.9 Å². The van der Waals surface area contributed by atoms with Gasteiger partial charge in [-0.1, -0.05) is 6.92 Å². The molecule has 110 valence electrons. The quantitative estimate of drug-likeness (QED) is 0.625. The number of nitro benzene ring substituents is 1. The van der Waals surface area contributed by atoms with Crippen molar-refractivity contribution in [3.8, 4) is 0 Å². The average Bonchev–Trinajstić information content (AvgIpc) is 2.43. The Balaban J connectivity index is 2.29. The number of aliphatic carboxylic acids is 1. The molecule has 1 aromatic heterocycles. The summed E-state index contributed by atoms with van der Waals surface area (Å²) in [4.78, 5) is 25.6. The van der Waals surface area contributed by atoms with E-state index in [1.54, 1.807) is 37.4 Å². The molecule has 0 spiro atoms. The zero-order valence-corrected chi connectivity index (χ0v) is 11.4. The maximum Gasteiger partial charge on any atom is 0.303 e. The van der Waals surface area contributed by atoms with E-state index in [1.165, 1.54) is 0 Å². The van der Waals surface area contributed by atoms with Crippen LogP contribution in [0.4, 0.5) is 11.4 Å². The summed E-state index contributed by atoms with van der Waals surface area (Å²) in [5.41, 5.74) is 0.884. The molecule has 7 nitrogen and oxygen atoms in total. The molecule has 0 aliphatic carbocycles. The molecule has 0 aliphatic rings. The van der Waals surface area contributed by atoms with Gasteiger partial charge in [0.2, 0.25) is 0 Å². The molecule has 0 bridgehead atoms. The van der Waals surface area contributed by atoms with Gasteiger partial charge < -0.3 is 10.4 Å². The fourth-order valence-electron chi connectivity index (χ4n) is 2.13. The number of anilines is 1. The summed E-state index contributed by atoms with van der Waals surface area (Å²) < 4.78 is 0. The Morgan fingerprint density at radius 1 is 1.48 bits per heavy atom. The van der Waals surface area contributed by atoms with Gasteiger partial charge in [-0.15, -0.1) is 0 Å². The van der Waals surface area contributed by atoms with Crippen LogP contribution in [-0.4, -0.2) is 27.5 Å². The molecule has 21 heavy (non-hydrogen) atoms. The number of benzene rings is 1. The molecule has 2 aromatic rings. The number of rotatable bonds is 6. The maximum atomic E-state index is 11.3. The third kappa shape index (κ3) is 3.44. The number of nitrogens with one attached hydrogen (secondary N) is 1. The number of hydrogen-bond acceptors (Lipinski definition) is 5. The van der Waals surface area contributed by atoms with Crippen LogP contribution >= 0.6 is 0 Å². The normalized spacial score (nSPS) is 12.0. The fraction of sp³-hybridized carbons (Fsp3) is 0.286. The largest absolute Gasteiger partial charge is 0.481 e. The summed E-state index contributed by atoms with van der Waals surface area (Å²) in [5, 5.41) is 23.4. The van der Waals surface area contributed by atoms with E-state index in [9.17, 15) is 14.9 Å². The van der Waals surface area contributed by atoms with Gasteiger partial charge in [0.25, 0.3) is 0 Å². The Kier molecular flexibility index (Phi) is 4.32. The molecule has 1 heterocycles. The second kappa shape index (κ2) is 6.17. The average molecular weight is 289 g/mol. The number of carbonyl (C=O) groups is 1. The van der Waals surface area contributed by atoms with Crippen LogP contribution in [0.25, 0.3) is 10.9 Å². The minimum absolute atomic E-state index is 0.00986. The van der Waals surface area contributed by atoms with Gasteiger partial charge in [0.05, 0.1) is 15.8 Å². The summed E-state index contributed by atoms with van der Waals surface area (Å²) in [6, 6.07) is 6.59. The Labute approximate surface area is 120 Å². The number of aromatic nitrogens is 1. The summed E-state index contributed by atoms with van der Waals surface area (Å²) in [5.74, 6) is -1.02. The topological polar surface area (TPSA) is 105 Å². The van der Waals surface area contributed by atoms with Gasteiger partial charge in [0, 0.05) is 19.2 Å².